The number of hydrogen-bond acceptors (Lipinski definition) is 2. The summed E-state index contributed by atoms with van der Waals surface area (Å²) in [4.78, 5) is 14.2. The number of nitrogens with zero attached hydrogens (tertiary/aromatic N) is 1. The fourth-order valence-electron chi connectivity index (χ4n) is 1.41. The highest BCUT2D eigenvalue weighted by Crippen LogP contribution is 2.36. The van der Waals surface area contributed by atoms with Crippen LogP contribution in [0.25, 0.3) is 4.85 Å². The third kappa shape index (κ3) is 4.86. The van der Waals surface area contributed by atoms with Gasteiger partial charge in [-0.3, -0.25) is 4.79 Å². The van der Waals surface area contributed by atoms with Crippen LogP contribution in [0.4, 0.5) is 5.69 Å². The summed E-state index contributed by atoms with van der Waals surface area (Å²) >= 11 is 0. The predicted octanol–water partition coefficient (Wildman–Crippen LogP) is 4.42. The molecule has 0 saturated heterocycles. The smallest absolute Gasteiger partial charge is 0.193 e. The quantitative estimate of drug-likeness (QED) is 0.358. The molecule has 0 spiro atoms. The summed E-state index contributed by atoms with van der Waals surface area (Å²) in [5.74, 6) is 5.94. The van der Waals surface area contributed by atoms with E-state index in [1.54, 1.807) is 18.2 Å². The van der Waals surface area contributed by atoms with Gasteiger partial charge in [-0.1, -0.05) is 32.6 Å². The van der Waals surface area contributed by atoms with Crippen molar-refractivity contribution >= 4 is 20.3 Å². The third-order valence-electron chi connectivity index (χ3n) is 3.75. The largest absolute Gasteiger partial charge is 0.406 e. The zero-order valence-electron chi connectivity index (χ0n) is 13.3. The SMILES string of the molecule is [C-]#[N+]c1cc(C#CCO[Si](C)(C)C(C)(C)C)cc(C=O)c1. The van der Waals surface area contributed by atoms with Gasteiger partial charge in [0, 0.05) is 11.1 Å². The molecule has 21 heavy (non-hydrogen) atoms. The van der Waals surface area contributed by atoms with Crippen molar-refractivity contribution in [2.24, 2.45) is 0 Å². The van der Waals surface area contributed by atoms with E-state index in [0.717, 1.165) is 6.29 Å². The molecule has 1 aromatic carbocycles. The summed E-state index contributed by atoms with van der Waals surface area (Å²) in [6, 6.07) is 4.91. The highest BCUT2D eigenvalue weighted by atomic mass is 28.4. The molecule has 0 amide bonds. The fraction of sp³-hybridized carbons (Fsp3) is 0.412. The monoisotopic (exact) mass is 299 g/mol. The molecular formula is C17H21NO2Si. The Morgan fingerprint density at radius 1 is 1.33 bits per heavy atom. The van der Waals surface area contributed by atoms with Crippen LogP contribution in [0.2, 0.25) is 18.1 Å². The van der Waals surface area contributed by atoms with Crippen LogP contribution in [-0.2, 0) is 4.43 Å². The number of aldehydes is 1. The maximum atomic E-state index is 10.8. The Morgan fingerprint density at radius 2 is 2.00 bits per heavy atom. The van der Waals surface area contributed by atoms with E-state index in [9.17, 15) is 4.79 Å². The molecule has 0 heterocycles. The molecular weight excluding hydrogens is 278 g/mol. The van der Waals surface area contributed by atoms with E-state index in [2.05, 4.69) is 50.6 Å². The first-order valence-corrected chi connectivity index (χ1v) is 9.71. The van der Waals surface area contributed by atoms with E-state index in [-0.39, 0.29) is 5.04 Å². The number of rotatable bonds is 3. The second kappa shape index (κ2) is 6.71. The van der Waals surface area contributed by atoms with Crippen molar-refractivity contribution in [3.05, 3.63) is 40.7 Å². The topological polar surface area (TPSA) is 30.7 Å². The number of carbonyl (C=O) groups excluding carboxylic acids is 1. The van der Waals surface area contributed by atoms with Gasteiger partial charge < -0.3 is 4.43 Å². The van der Waals surface area contributed by atoms with Gasteiger partial charge in [0.05, 0.1) is 13.2 Å². The Morgan fingerprint density at radius 3 is 2.52 bits per heavy atom. The van der Waals surface area contributed by atoms with Gasteiger partial charge >= 0.3 is 0 Å². The molecule has 0 aromatic heterocycles. The Bertz CT molecular complexity index is 625. The molecule has 110 valence electrons. The first kappa shape index (κ1) is 17.2. The lowest BCUT2D eigenvalue weighted by molar-refractivity contribution is 0.112. The molecule has 0 atom stereocenters. The summed E-state index contributed by atoms with van der Waals surface area (Å²) in [6.07, 6.45) is 0.728. The van der Waals surface area contributed by atoms with E-state index in [4.69, 9.17) is 11.0 Å². The zero-order valence-corrected chi connectivity index (χ0v) is 14.3. The molecule has 0 aliphatic heterocycles. The zero-order chi connectivity index (χ0) is 16.1. The molecule has 1 rings (SSSR count). The van der Waals surface area contributed by atoms with Crippen molar-refractivity contribution in [1.82, 2.24) is 0 Å². The summed E-state index contributed by atoms with van der Waals surface area (Å²) in [5.41, 5.74) is 1.57. The molecule has 0 saturated carbocycles. The molecule has 0 N–H and O–H groups in total. The molecule has 4 heteroatoms. The van der Waals surface area contributed by atoms with Crippen LogP contribution < -0.4 is 0 Å². The maximum Gasteiger partial charge on any atom is 0.193 e. The van der Waals surface area contributed by atoms with Crippen molar-refractivity contribution in [3.63, 3.8) is 0 Å². The van der Waals surface area contributed by atoms with Gasteiger partial charge in [-0.25, -0.2) is 4.85 Å². The fourth-order valence-corrected chi connectivity index (χ4v) is 2.28. The average molecular weight is 299 g/mol. The minimum atomic E-state index is -1.79. The van der Waals surface area contributed by atoms with Gasteiger partial charge in [-0.15, -0.1) is 0 Å². The lowest BCUT2D eigenvalue weighted by Gasteiger charge is -2.35. The lowest BCUT2D eigenvalue weighted by atomic mass is 10.1. The highest BCUT2D eigenvalue weighted by molar-refractivity contribution is 6.74. The Labute approximate surface area is 128 Å². The summed E-state index contributed by atoms with van der Waals surface area (Å²) in [7, 11) is -1.79. The molecule has 1 aromatic rings. The average Bonchev–Trinajstić information content (AvgIpc) is 2.42. The Hall–Kier alpha value is -1.88. The first-order chi connectivity index (χ1) is 9.69. The molecule has 0 aliphatic carbocycles. The molecule has 0 bridgehead atoms. The van der Waals surface area contributed by atoms with Crippen LogP contribution in [0.3, 0.4) is 0 Å². The Balaban J connectivity index is 2.81. The molecule has 0 unspecified atom stereocenters. The second-order valence-electron chi connectivity index (χ2n) is 6.39. The lowest BCUT2D eigenvalue weighted by Crippen LogP contribution is -2.40. The standard InChI is InChI=1S/C17H21NO2Si/c1-17(2,3)21(5,6)20-9-7-8-14-10-15(13-19)12-16(11-14)18-4/h10-13H,9H2,1-3,5-6H3. The van der Waals surface area contributed by atoms with Crippen LogP contribution >= 0.6 is 0 Å². The van der Waals surface area contributed by atoms with Gasteiger partial charge in [0.25, 0.3) is 0 Å². The molecule has 0 aliphatic rings. The van der Waals surface area contributed by atoms with E-state index in [1.807, 2.05) is 0 Å². The predicted molar refractivity (Wildman–Crippen MR) is 88.1 cm³/mol. The number of hydrogen-bond donors (Lipinski definition) is 0. The van der Waals surface area contributed by atoms with Crippen LogP contribution in [0, 0.1) is 18.4 Å². The van der Waals surface area contributed by atoms with Crippen LogP contribution in [-0.4, -0.2) is 21.2 Å². The van der Waals surface area contributed by atoms with Gasteiger partial charge in [-0.2, -0.15) is 0 Å². The molecule has 3 nitrogen and oxygen atoms in total. The van der Waals surface area contributed by atoms with E-state index < -0.39 is 8.32 Å². The van der Waals surface area contributed by atoms with E-state index in [1.165, 1.54) is 0 Å². The normalized spacial score (nSPS) is 11.2. The van der Waals surface area contributed by atoms with Gasteiger partial charge in [0.2, 0.25) is 0 Å². The minimum absolute atomic E-state index is 0.156. The summed E-state index contributed by atoms with van der Waals surface area (Å²) in [5, 5.41) is 0.156. The third-order valence-corrected chi connectivity index (χ3v) is 8.23. The van der Waals surface area contributed by atoms with E-state index >= 15 is 0 Å². The molecule has 0 radical (unpaired) electrons. The van der Waals surface area contributed by atoms with Crippen LogP contribution in [0.15, 0.2) is 18.2 Å². The van der Waals surface area contributed by atoms with Crippen molar-refractivity contribution in [2.45, 2.75) is 38.9 Å². The minimum Gasteiger partial charge on any atom is -0.406 e. The molecule has 0 fully saturated rings. The highest BCUT2D eigenvalue weighted by Gasteiger charge is 2.36. The number of carbonyl (C=O) groups is 1. The van der Waals surface area contributed by atoms with Crippen molar-refractivity contribution in [3.8, 4) is 11.8 Å². The van der Waals surface area contributed by atoms with Crippen LogP contribution in [0.1, 0.15) is 36.7 Å². The Kier molecular flexibility index (Phi) is 5.49. The van der Waals surface area contributed by atoms with Gasteiger partial charge in [0.1, 0.15) is 6.29 Å². The van der Waals surface area contributed by atoms with Crippen molar-refractivity contribution < 1.29 is 9.22 Å². The summed E-state index contributed by atoms with van der Waals surface area (Å²) < 4.78 is 5.96. The second-order valence-corrected chi connectivity index (χ2v) is 11.2. The van der Waals surface area contributed by atoms with E-state index in [0.29, 0.717) is 23.4 Å². The van der Waals surface area contributed by atoms with Gasteiger partial charge in [0.15, 0.2) is 14.0 Å². The van der Waals surface area contributed by atoms with Crippen molar-refractivity contribution in [2.75, 3.05) is 6.61 Å². The van der Waals surface area contributed by atoms with Gasteiger partial charge in [-0.05, 0) is 36.3 Å². The first-order valence-electron chi connectivity index (χ1n) is 6.80. The van der Waals surface area contributed by atoms with Crippen molar-refractivity contribution in [1.29, 1.82) is 0 Å². The summed E-state index contributed by atoms with van der Waals surface area (Å²) in [6.45, 7) is 18.3. The van der Waals surface area contributed by atoms with Crippen LogP contribution in [0.5, 0.6) is 0 Å². The maximum absolute atomic E-state index is 10.8. The number of benzene rings is 1.